The number of halogens is 4. The molecule has 2 aromatic heterocycles. The number of ether oxygens (including phenoxy) is 1. The molecule has 2 fully saturated rings. The summed E-state index contributed by atoms with van der Waals surface area (Å²) in [6.07, 6.45) is -2.32. The highest BCUT2D eigenvalue weighted by Gasteiger charge is 2.35. The van der Waals surface area contributed by atoms with Crippen molar-refractivity contribution in [1.82, 2.24) is 30.5 Å². The average molecular weight is 550 g/mol. The number of morpholine rings is 1. The summed E-state index contributed by atoms with van der Waals surface area (Å²) in [4.78, 5) is 29.3. The highest BCUT2D eigenvalue weighted by molar-refractivity contribution is 6.35. The van der Waals surface area contributed by atoms with Gasteiger partial charge in [-0.15, -0.1) is 0 Å². The lowest BCUT2D eigenvalue weighted by molar-refractivity contribution is -0.145. The Hall–Kier alpha value is -3.06. The van der Waals surface area contributed by atoms with Crippen molar-refractivity contribution in [2.24, 2.45) is 0 Å². The second-order valence-electron chi connectivity index (χ2n) is 9.26. The van der Waals surface area contributed by atoms with Gasteiger partial charge in [0.1, 0.15) is 5.82 Å². The summed E-state index contributed by atoms with van der Waals surface area (Å²) in [5.74, 6) is -0.784. The largest absolute Gasteiger partial charge is 0.451 e. The molecule has 38 heavy (non-hydrogen) atoms. The van der Waals surface area contributed by atoms with Gasteiger partial charge in [0, 0.05) is 62.1 Å². The summed E-state index contributed by atoms with van der Waals surface area (Å²) >= 11 is 6.46. The van der Waals surface area contributed by atoms with Gasteiger partial charge in [0.25, 0.3) is 5.91 Å². The molecule has 0 bridgehead atoms. The van der Waals surface area contributed by atoms with Gasteiger partial charge in [-0.2, -0.15) is 13.2 Å². The van der Waals surface area contributed by atoms with E-state index in [2.05, 4.69) is 25.5 Å². The van der Waals surface area contributed by atoms with E-state index in [1.807, 2.05) is 24.1 Å². The van der Waals surface area contributed by atoms with Crippen LogP contribution in [0.2, 0.25) is 5.02 Å². The first-order chi connectivity index (χ1) is 18.2. The van der Waals surface area contributed by atoms with Crippen LogP contribution in [0, 0.1) is 0 Å². The number of amides is 1. The third-order valence-corrected chi connectivity index (χ3v) is 7.21. The normalized spacial score (nSPS) is 17.9. The number of hydrogen-bond acceptors (Lipinski definition) is 8. The number of nitrogens with one attached hydrogen (secondary N) is 2. The minimum absolute atomic E-state index is 0.116. The summed E-state index contributed by atoms with van der Waals surface area (Å²) in [6.45, 7) is 3.87. The molecule has 0 radical (unpaired) electrons. The third kappa shape index (κ3) is 5.53. The van der Waals surface area contributed by atoms with Gasteiger partial charge >= 0.3 is 6.18 Å². The van der Waals surface area contributed by atoms with E-state index < -0.39 is 23.9 Å². The minimum Gasteiger partial charge on any atom is -0.379 e. The molecule has 4 heterocycles. The molecule has 0 spiro atoms. The number of likely N-dealkylation sites (N-methyl/N-ethyl adjacent to an activating group) is 1. The molecule has 2 saturated heterocycles. The van der Waals surface area contributed by atoms with Crippen molar-refractivity contribution in [3.8, 4) is 0 Å². The highest BCUT2D eigenvalue weighted by Crippen LogP contribution is 2.30. The molecule has 2 aliphatic heterocycles. The topological polar surface area (TPSA) is 95.5 Å². The van der Waals surface area contributed by atoms with Crippen LogP contribution in [-0.4, -0.2) is 84.8 Å². The van der Waals surface area contributed by atoms with Crippen LogP contribution in [0.3, 0.4) is 0 Å². The van der Waals surface area contributed by atoms with Crippen molar-refractivity contribution in [1.29, 1.82) is 0 Å². The number of hydrogen-bond donors (Lipinski definition) is 2. The number of rotatable bonds is 7. The number of carbonyl (C=O) groups is 1. The molecule has 202 valence electrons. The Bertz CT molecular complexity index is 1300. The minimum atomic E-state index is -4.63. The lowest BCUT2D eigenvalue weighted by atomic mass is 10.1. The van der Waals surface area contributed by atoms with Gasteiger partial charge < -0.3 is 20.3 Å². The number of nitrogens with zero attached hydrogens (tertiary/aromatic N) is 5. The number of aromatic nitrogens is 3. The summed E-state index contributed by atoms with van der Waals surface area (Å²) in [7, 11) is 1.93. The summed E-state index contributed by atoms with van der Waals surface area (Å²) in [6, 6.07) is 7.11. The van der Waals surface area contributed by atoms with Crippen molar-refractivity contribution < 1.29 is 22.7 Å². The lowest BCUT2D eigenvalue weighted by Crippen LogP contribution is -2.57. The quantitative estimate of drug-likeness (QED) is 0.465. The second kappa shape index (κ2) is 11.0. The predicted molar refractivity (Wildman–Crippen MR) is 136 cm³/mol. The molecule has 2 aliphatic rings. The van der Waals surface area contributed by atoms with E-state index in [9.17, 15) is 18.0 Å². The van der Waals surface area contributed by atoms with Crippen LogP contribution in [0.1, 0.15) is 27.8 Å². The number of carbonyl (C=O) groups excluding carboxylic acids is 1. The fraction of sp³-hybridized carbons (Fsp3) is 0.440. The Morgan fingerprint density at radius 1 is 1.16 bits per heavy atom. The van der Waals surface area contributed by atoms with Gasteiger partial charge in [-0.05, 0) is 31.3 Å². The fourth-order valence-electron chi connectivity index (χ4n) is 4.70. The third-order valence-electron chi connectivity index (χ3n) is 6.90. The van der Waals surface area contributed by atoms with Crippen LogP contribution in [-0.2, 0) is 10.9 Å². The molecule has 0 saturated carbocycles. The van der Waals surface area contributed by atoms with E-state index in [1.54, 1.807) is 12.1 Å². The Labute approximate surface area is 222 Å². The van der Waals surface area contributed by atoms with E-state index >= 15 is 0 Å². The lowest BCUT2D eigenvalue weighted by Gasteiger charge is -2.40. The fourth-order valence-corrected chi connectivity index (χ4v) is 4.95. The van der Waals surface area contributed by atoms with Crippen LogP contribution >= 0.6 is 11.6 Å². The van der Waals surface area contributed by atoms with Gasteiger partial charge in [-0.3, -0.25) is 9.69 Å². The molecule has 13 heteroatoms. The van der Waals surface area contributed by atoms with Crippen molar-refractivity contribution in [3.05, 3.63) is 58.6 Å². The molecular formula is C25H27ClF3N7O2. The first kappa shape index (κ1) is 26.5. The maximum Gasteiger partial charge on any atom is 0.451 e. The van der Waals surface area contributed by atoms with Crippen LogP contribution in [0.4, 0.5) is 19.0 Å². The molecule has 0 aliphatic carbocycles. The zero-order chi connectivity index (χ0) is 26.9. The second-order valence-corrected chi connectivity index (χ2v) is 9.67. The van der Waals surface area contributed by atoms with Crippen LogP contribution in [0.15, 0.2) is 36.7 Å². The van der Waals surface area contributed by atoms with Crippen molar-refractivity contribution in [2.45, 2.75) is 18.3 Å². The summed E-state index contributed by atoms with van der Waals surface area (Å²) in [5.41, 5.74) is 1.40. The molecule has 5 rings (SSSR count). The standard InChI is InChI=1S/C25H27ClF3N7O2/c1-30-16-13-36(14-16)21-5-2-17-19(34-21)4-3-18(26)22(17)23(37)31-12-20(35-6-8-38-9-7-35)15-10-32-24(33-11-15)25(27,28)29/h2-5,10-11,16,20,30H,6-9,12-14H2,1H3,(H,31,37). The Morgan fingerprint density at radius 3 is 2.53 bits per heavy atom. The van der Waals surface area contributed by atoms with E-state index in [0.29, 0.717) is 54.4 Å². The molecule has 9 nitrogen and oxygen atoms in total. The SMILES string of the molecule is CNC1CN(c2ccc3c(C(=O)NCC(c4cnc(C(F)(F)F)nc4)N4CCOCC4)c(Cl)ccc3n2)C1. The van der Waals surface area contributed by atoms with E-state index in [0.717, 1.165) is 31.3 Å². The average Bonchev–Trinajstić information content (AvgIpc) is 2.88. The molecule has 1 amide bonds. The van der Waals surface area contributed by atoms with Gasteiger partial charge in [0.15, 0.2) is 0 Å². The number of benzene rings is 1. The van der Waals surface area contributed by atoms with Crippen molar-refractivity contribution >= 4 is 34.2 Å². The smallest absolute Gasteiger partial charge is 0.379 e. The number of fused-ring (bicyclic) bond motifs is 1. The zero-order valence-electron chi connectivity index (χ0n) is 20.6. The summed E-state index contributed by atoms with van der Waals surface area (Å²) < 4.78 is 44.3. The Morgan fingerprint density at radius 2 is 1.87 bits per heavy atom. The Kier molecular flexibility index (Phi) is 7.66. The highest BCUT2D eigenvalue weighted by atomic mass is 35.5. The monoisotopic (exact) mass is 549 g/mol. The first-order valence-corrected chi connectivity index (χ1v) is 12.6. The number of anilines is 1. The predicted octanol–water partition coefficient (Wildman–Crippen LogP) is 2.91. The van der Waals surface area contributed by atoms with Gasteiger partial charge in [0.2, 0.25) is 5.82 Å². The molecule has 2 N–H and O–H groups in total. The Balaban J connectivity index is 1.36. The van der Waals surface area contributed by atoms with Gasteiger partial charge in [-0.25, -0.2) is 15.0 Å². The first-order valence-electron chi connectivity index (χ1n) is 12.2. The molecule has 1 unspecified atom stereocenters. The van der Waals surface area contributed by atoms with Gasteiger partial charge in [0.05, 0.1) is 35.4 Å². The maximum atomic E-state index is 13.4. The molecular weight excluding hydrogens is 523 g/mol. The van der Waals surface area contributed by atoms with Crippen LogP contribution in [0.25, 0.3) is 10.9 Å². The van der Waals surface area contributed by atoms with Crippen LogP contribution in [0.5, 0.6) is 0 Å². The van der Waals surface area contributed by atoms with Crippen LogP contribution < -0.4 is 15.5 Å². The molecule has 3 aromatic rings. The number of pyridine rings is 1. The van der Waals surface area contributed by atoms with Crippen molar-refractivity contribution in [3.63, 3.8) is 0 Å². The van der Waals surface area contributed by atoms with Gasteiger partial charge in [-0.1, -0.05) is 11.6 Å². The van der Waals surface area contributed by atoms with E-state index in [-0.39, 0.29) is 11.6 Å². The molecule has 1 atom stereocenters. The van der Waals surface area contributed by atoms with E-state index in [1.165, 1.54) is 0 Å². The summed E-state index contributed by atoms with van der Waals surface area (Å²) in [5, 5.41) is 7.04. The van der Waals surface area contributed by atoms with E-state index in [4.69, 9.17) is 21.3 Å². The zero-order valence-corrected chi connectivity index (χ0v) is 21.4. The molecule has 1 aromatic carbocycles. The number of alkyl halides is 3. The maximum absolute atomic E-state index is 13.4. The van der Waals surface area contributed by atoms with Crippen molar-refractivity contribution in [2.75, 3.05) is 57.9 Å².